The maximum absolute atomic E-state index is 11.8. The van der Waals surface area contributed by atoms with Crippen molar-refractivity contribution in [3.05, 3.63) is 0 Å². The Labute approximate surface area is 133 Å². The zero-order valence-corrected chi connectivity index (χ0v) is 12.1. The molecule has 0 bridgehead atoms. The molecule has 154 valence electrons. The van der Waals surface area contributed by atoms with Crippen molar-refractivity contribution in [2.45, 2.75) is 24.9 Å². The quantitative estimate of drug-likeness (QED) is 0.313. The molecule has 0 heterocycles. The Kier molecular flexibility index (Phi) is 13.1. The van der Waals surface area contributed by atoms with Crippen molar-refractivity contribution in [2.24, 2.45) is 0 Å². The summed E-state index contributed by atoms with van der Waals surface area (Å²) in [6.45, 7) is -6.67. The van der Waals surface area contributed by atoms with Gasteiger partial charge in [0.25, 0.3) is 0 Å². The normalized spacial score (nSPS) is 13.0. The minimum Gasteiger partial charge on any atom is -0.352 e. The molecular weight excluding hydrogens is 393 g/mol. The van der Waals surface area contributed by atoms with Crippen molar-refractivity contribution in [3.8, 4) is 0 Å². The van der Waals surface area contributed by atoms with Crippen LogP contribution in [-0.2, 0) is 18.9 Å². The smallest absolute Gasteiger partial charge is 0.352 e. The highest BCUT2D eigenvalue weighted by molar-refractivity contribution is 4.52. The molecule has 0 saturated carbocycles. The third-order valence-corrected chi connectivity index (χ3v) is 1.51. The van der Waals surface area contributed by atoms with Crippen LogP contribution in [0.15, 0.2) is 0 Å². The summed E-state index contributed by atoms with van der Waals surface area (Å²) in [4.78, 5) is 0. The fourth-order valence-corrected chi connectivity index (χ4v) is 0.670. The van der Waals surface area contributed by atoms with Crippen LogP contribution < -0.4 is 0 Å². The van der Waals surface area contributed by atoms with Crippen LogP contribution in [0.25, 0.3) is 0 Å². The van der Waals surface area contributed by atoms with Crippen LogP contribution in [0, 0.1) is 0 Å². The maximum Gasteiger partial charge on any atom is 0.418 e. The highest BCUT2D eigenvalue weighted by atomic mass is 19.4. The van der Waals surface area contributed by atoms with Crippen LogP contribution in [0.3, 0.4) is 0 Å². The van der Waals surface area contributed by atoms with Gasteiger partial charge in [-0.15, -0.1) is 0 Å². The Balaban J connectivity index is 0. The van der Waals surface area contributed by atoms with Gasteiger partial charge in [0.15, 0.2) is 6.79 Å². The van der Waals surface area contributed by atoms with Crippen molar-refractivity contribution < 1.29 is 67.2 Å². The van der Waals surface area contributed by atoms with Gasteiger partial charge in [-0.05, 0) is 0 Å². The number of alkyl halides is 11. The summed E-state index contributed by atoms with van der Waals surface area (Å²) in [5.74, 6) is 0. The van der Waals surface area contributed by atoms with E-state index in [9.17, 15) is 48.3 Å². The van der Waals surface area contributed by atoms with E-state index in [0.29, 0.717) is 0 Å². The molecule has 4 nitrogen and oxygen atoms in total. The fraction of sp³-hybridized carbons (Fsp3) is 1.00. The second-order valence-corrected chi connectivity index (χ2v) is 3.77. The second kappa shape index (κ2) is 12.4. The standard InChI is InChI=1S/C5H6F6O2.C5H7F5O2/c6-4(7,8)1-12-3-13-2-5(9,10)11;6-1-2-11-3-12-5(9,10)4(7)8/h1-3H2;4H,1-3H2. The van der Waals surface area contributed by atoms with Crippen LogP contribution in [-0.4, -0.2) is 65.0 Å². The van der Waals surface area contributed by atoms with Crippen molar-refractivity contribution in [3.63, 3.8) is 0 Å². The van der Waals surface area contributed by atoms with Gasteiger partial charge in [-0.3, -0.25) is 4.74 Å². The molecule has 0 saturated heterocycles. The van der Waals surface area contributed by atoms with E-state index in [1.54, 1.807) is 0 Å². The minimum absolute atomic E-state index is 0.459. The molecule has 0 rings (SSSR count). The molecule has 0 unspecified atom stereocenters. The van der Waals surface area contributed by atoms with Crippen molar-refractivity contribution in [2.75, 3.05) is 40.1 Å². The molecular formula is C10H13F11O4. The molecule has 0 aliphatic heterocycles. The van der Waals surface area contributed by atoms with Gasteiger partial charge in [-0.2, -0.15) is 35.1 Å². The lowest BCUT2D eigenvalue weighted by atomic mass is 10.7. The summed E-state index contributed by atoms with van der Waals surface area (Å²) >= 11 is 0. The number of halogens is 11. The third kappa shape index (κ3) is 21.0. The Morgan fingerprint density at radius 2 is 1.12 bits per heavy atom. The molecule has 0 aliphatic rings. The Hall–Kier alpha value is -0.930. The molecule has 0 amide bonds. The fourth-order valence-electron chi connectivity index (χ4n) is 0.670. The molecule has 0 aromatic heterocycles. The van der Waals surface area contributed by atoms with Crippen LogP contribution in [0.2, 0.25) is 0 Å². The molecule has 15 heteroatoms. The van der Waals surface area contributed by atoms with Crippen LogP contribution in [0.4, 0.5) is 48.3 Å². The Morgan fingerprint density at radius 1 is 0.680 bits per heavy atom. The molecule has 0 atom stereocenters. The predicted octanol–water partition coefficient (Wildman–Crippen LogP) is 3.91. The first-order valence-electron chi connectivity index (χ1n) is 5.94. The molecule has 0 aliphatic carbocycles. The van der Waals surface area contributed by atoms with E-state index < -0.39 is 65.0 Å². The summed E-state index contributed by atoms with van der Waals surface area (Å²) in [5, 5.41) is 0. The number of ether oxygens (including phenoxy) is 4. The summed E-state index contributed by atoms with van der Waals surface area (Å²) < 4.78 is 140. The average Bonchev–Trinajstić information content (AvgIpc) is 2.41. The van der Waals surface area contributed by atoms with E-state index in [1.807, 2.05) is 0 Å². The van der Waals surface area contributed by atoms with Crippen molar-refractivity contribution >= 4 is 0 Å². The first-order valence-corrected chi connectivity index (χ1v) is 5.94. The molecule has 0 aromatic carbocycles. The Bertz CT molecular complexity index is 303. The highest BCUT2D eigenvalue weighted by Crippen LogP contribution is 2.23. The van der Waals surface area contributed by atoms with Crippen LogP contribution in [0.5, 0.6) is 0 Å². The van der Waals surface area contributed by atoms with Gasteiger partial charge in [0.1, 0.15) is 26.7 Å². The lowest BCUT2D eigenvalue weighted by Gasteiger charge is -2.14. The van der Waals surface area contributed by atoms with Gasteiger partial charge in [0.2, 0.25) is 0 Å². The topological polar surface area (TPSA) is 36.9 Å². The SMILES string of the molecule is FC(F)(F)COCOCC(F)(F)F.FCCOCOC(F)(F)C(F)F. The first kappa shape index (κ1) is 26.3. The third-order valence-electron chi connectivity index (χ3n) is 1.51. The van der Waals surface area contributed by atoms with Crippen LogP contribution in [0.1, 0.15) is 0 Å². The lowest BCUT2D eigenvalue weighted by Crippen LogP contribution is -2.31. The average molecular weight is 406 g/mol. The Morgan fingerprint density at radius 3 is 1.44 bits per heavy atom. The van der Waals surface area contributed by atoms with E-state index in [1.165, 1.54) is 0 Å². The molecule has 0 aromatic rings. The summed E-state index contributed by atoms with van der Waals surface area (Å²) in [7, 11) is 0. The first-order chi connectivity index (χ1) is 11.2. The summed E-state index contributed by atoms with van der Waals surface area (Å²) in [5.41, 5.74) is 0. The van der Waals surface area contributed by atoms with Gasteiger partial charge >= 0.3 is 24.9 Å². The zero-order valence-electron chi connectivity index (χ0n) is 12.1. The van der Waals surface area contributed by atoms with Crippen molar-refractivity contribution in [1.82, 2.24) is 0 Å². The van der Waals surface area contributed by atoms with Gasteiger partial charge in [0, 0.05) is 0 Å². The molecule has 25 heavy (non-hydrogen) atoms. The monoisotopic (exact) mass is 406 g/mol. The van der Waals surface area contributed by atoms with E-state index >= 15 is 0 Å². The van der Waals surface area contributed by atoms with Gasteiger partial charge in [0.05, 0.1) is 6.61 Å². The zero-order chi connectivity index (χ0) is 20.1. The van der Waals surface area contributed by atoms with Gasteiger partial charge < -0.3 is 14.2 Å². The second-order valence-electron chi connectivity index (χ2n) is 3.77. The van der Waals surface area contributed by atoms with E-state index in [0.717, 1.165) is 0 Å². The summed E-state index contributed by atoms with van der Waals surface area (Å²) in [6, 6.07) is 0. The number of hydrogen-bond donors (Lipinski definition) is 0. The lowest BCUT2D eigenvalue weighted by molar-refractivity contribution is -0.326. The predicted molar refractivity (Wildman–Crippen MR) is 57.7 cm³/mol. The van der Waals surface area contributed by atoms with Crippen LogP contribution >= 0.6 is 0 Å². The van der Waals surface area contributed by atoms with Gasteiger partial charge in [-0.25, -0.2) is 13.2 Å². The van der Waals surface area contributed by atoms with E-state index in [2.05, 4.69) is 18.9 Å². The van der Waals surface area contributed by atoms with E-state index in [4.69, 9.17) is 0 Å². The molecule has 0 radical (unpaired) electrons. The minimum atomic E-state index is -4.55. The van der Waals surface area contributed by atoms with Gasteiger partial charge in [-0.1, -0.05) is 0 Å². The van der Waals surface area contributed by atoms with E-state index in [-0.39, 0.29) is 0 Å². The van der Waals surface area contributed by atoms with Crippen molar-refractivity contribution in [1.29, 1.82) is 0 Å². The highest BCUT2D eigenvalue weighted by Gasteiger charge is 2.42. The molecule has 0 spiro atoms. The largest absolute Gasteiger partial charge is 0.418 e. The number of rotatable bonds is 10. The number of hydrogen-bond acceptors (Lipinski definition) is 4. The molecule has 0 fully saturated rings. The molecule has 0 N–H and O–H groups in total. The maximum atomic E-state index is 11.8. The summed E-state index contributed by atoms with van der Waals surface area (Å²) in [6.07, 6.45) is -17.6.